The van der Waals surface area contributed by atoms with Crippen LogP contribution in [0.4, 0.5) is 17.6 Å². The van der Waals surface area contributed by atoms with E-state index in [1.54, 1.807) is 82.5 Å². The van der Waals surface area contributed by atoms with Gasteiger partial charge in [0.15, 0.2) is 0 Å². The Labute approximate surface area is 691 Å². The lowest BCUT2D eigenvalue weighted by molar-refractivity contribution is 0.0240. The summed E-state index contributed by atoms with van der Waals surface area (Å²) >= 11 is 4.97. The van der Waals surface area contributed by atoms with Crippen LogP contribution < -0.4 is 0 Å². The number of allylic oxidation sites excluding steroid dienone is 4. The number of hydrogen-bond acceptors (Lipinski definition) is 11. The van der Waals surface area contributed by atoms with Crippen molar-refractivity contribution in [2.75, 3.05) is 0 Å². The van der Waals surface area contributed by atoms with Crippen LogP contribution in [-0.2, 0) is 25.7 Å². The standard InChI is InChI=1S/C27H25FN2OS.C27H25FN2O.2C22H21FN2OS/c1-27-15-18-16-29-30(21-11-9-20(28)10-12-21)23(18)14-19(27)6-4-7-22(27)26(31)25-13-17-5-2-3-8-24(17)32-25;1-27-17-20-18-29-30(23-13-11-22(28)12-14-23)25(20)16-21(27)8-5-9-24(27)26(31)15-10-19-6-3-2-4-7-19;1-22-11-15-12-24-25(18-5-3-17(23)4-6-18)20(15)10-16(22)2-7-19(22)21(26)14-8-9-27-13-14;1-22-12-14-13-24-25(17-7-5-16(23)6-8-17)19(14)11-15(22)4-9-18(22)21(26)20-3-2-10-27-20/h2-3,5,8-14,16,22,26,31H,4,6-7,15H2,1H3;2-4,6-7,11-14,16,18,24,26,31H,5,8-9,17H2,1H3;3-6,8-10,12-13,19,21,26H,2,7,11H2,1H3;2-3,5-8,10-11,13,18,21,26H,4,9,12H2,1H3/t22-,26-,27+;24-,26+,27+;19-,21-,22+;18-,21-,22+/m1111/s1. The Morgan fingerprint density at radius 3 is 1.22 bits per heavy atom. The monoisotopic (exact) mass is 1620 g/mol. The Balaban J connectivity index is 0.000000108. The highest BCUT2D eigenvalue weighted by atomic mass is 32.1. The molecule has 8 aliphatic carbocycles. The van der Waals surface area contributed by atoms with Gasteiger partial charge in [0.05, 0.1) is 88.6 Å². The molecule has 13 aromatic rings. The third kappa shape index (κ3) is 14.7. The molecule has 0 saturated heterocycles. The molecule has 12 atom stereocenters. The van der Waals surface area contributed by atoms with Gasteiger partial charge >= 0.3 is 0 Å². The number of nitrogens with zero attached hydrogens (tertiary/aromatic N) is 8. The van der Waals surface area contributed by atoms with Gasteiger partial charge in [0.25, 0.3) is 0 Å². The molecule has 19 heteroatoms. The van der Waals surface area contributed by atoms with Gasteiger partial charge in [0.2, 0.25) is 0 Å². The van der Waals surface area contributed by atoms with Crippen LogP contribution in [-0.4, -0.2) is 65.7 Å². The zero-order valence-electron chi connectivity index (χ0n) is 65.7. The molecule has 594 valence electrons. The van der Waals surface area contributed by atoms with E-state index < -0.39 is 24.4 Å². The first-order chi connectivity index (χ1) is 56.7. The summed E-state index contributed by atoms with van der Waals surface area (Å²) < 4.78 is 62.1. The third-order valence-corrected chi connectivity index (χ3v) is 29.8. The summed E-state index contributed by atoms with van der Waals surface area (Å²) in [5.41, 5.74) is 19.6. The molecule has 4 fully saturated rings. The molecule has 7 heterocycles. The second-order valence-corrected chi connectivity index (χ2v) is 36.7. The predicted octanol–water partition coefficient (Wildman–Crippen LogP) is 22.2. The van der Waals surface area contributed by atoms with E-state index in [0.717, 1.165) is 162 Å². The number of hydrogen-bond donors (Lipinski definition) is 4. The predicted molar refractivity (Wildman–Crippen MR) is 458 cm³/mol. The number of fused-ring (bicyclic) bond motifs is 9. The SMILES string of the molecule is C[C@]12Cc3cnn(-c4ccc(F)cc4)c3C=C1CCC[C@@H]2[C@@H](O)C#Cc1ccccc1.C[C@]12Cc3cnn(-c4ccc(F)cc4)c3C=C1CCC[C@@H]2[C@@H](O)c1cc2ccccc2s1.C[C@]12Cc3cnn(-c4ccc(F)cc4)c3C=C1CC[C@@H]2[C@@H](O)c1cccs1.C[C@]12Cc3cnn(-c4ccc(F)cc4)c3C=C1CC[C@@H]2[C@H](O)c1ccsc1. The Hall–Kier alpha value is -10.4. The van der Waals surface area contributed by atoms with E-state index in [1.165, 1.54) is 97.6 Å². The number of rotatable bonds is 11. The highest BCUT2D eigenvalue weighted by Gasteiger charge is 2.52. The molecule has 4 saturated carbocycles. The first kappa shape index (κ1) is 77.8. The number of aromatic nitrogens is 8. The van der Waals surface area contributed by atoms with E-state index in [0.29, 0.717) is 0 Å². The van der Waals surface area contributed by atoms with Crippen molar-refractivity contribution >= 4 is 68.4 Å². The minimum Gasteiger partial charge on any atom is -0.388 e. The normalized spacial score (nSPS) is 24.1. The van der Waals surface area contributed by atoms with Gasteiger partial charge in [0.1, 0.15) is 29.4 Å². The van der Waals surface area contributed by atoms with Crippen LogP contribution in [0.2, 0.25) is 0 Å². The summed E-state index contributed by atoms with van der Waals surface area (Å²) in [4.78, 5) is 2.11. The molecule has 8 aliphatic rings. The van der Waals surface area contributed by atoms with E-state index >= 15 is 0 Å². The average molecular weight is 1620 g/mol. The fourth-order valence-electron chi connectivity index (χ4n) is 20.5. The molecule has 0 bridgehead atoms. The summed E-state index contributed by atoms with van der Waals surface area (Å²) in [5, 5.41) is 70.2. The fourth-order valence-corrected chi connectivity index (χ4v) is 23.1. The van der Waals surface area contributed by atoms with E-state index in [2.05, 4.69) is 120 Å². The molecule has 0 amide bonds. The zero-order valence-corrected chi connectivity index (χ0v) is 68.2. The molecular weight excluding hydrogens is 1530 g/mol. The lowest BCUT2D eigenvalue weighted by atomic mass is 9.58. The number of benzene rings is 6. The summed E-state index contributed by atoms with van der Waals surface area (Å²) in [6.07, 6.45) is 28.3. The lowest BCUT2D eigenvalue weighted by Gasteiger charge is -2.47. The molecule has 0 unspecified atom stereocenters. The molecule has 12 nitrogen and oxygen atoms in total. The molecule has 4 N–H and O–H groups in total. The minimum absolute atomic E-state index is 0.0485. The molecule has 0 radical (unpaired) electrons. The van der Waals surface area contributed by atoms with Gasteiger partial charge in [-0.25, -0.2) is 36.3 Å². The van der Waals surface area contributed by atoms with Crippen LogP contribution in [0.25, 0.3) is 57.1 Å². The molecule has 0 spiro atoms. The van der Waals surface area contributed by atoms with E-state index in [4.69, 9.17) is 0 Å². The van der Waals surface area contributed by atoms with Gasteiger partial charge in [-0.2, -0.15) is 31.7 Å². The first-order valence-corrected chi connectivity index (χ1v) is 43.3. The van der Waals surface area contributed by atoms with Crippen LogP contribution in [0.3, 0.4) is 0 Å². The van der Waals surface area contributed by atoms with Crippen LogP contribution in [0, 0.1) is 80.4 Å². The van der Waals surface area contributed by atoms with Gasteiger partial charge in [-0.3, -0.25) is 0 Å². The highest BCUT2D eigenvalue weighted by molar-refractivity contribution is 7.19. The molecular formula is C98H92F4N8O4S3. The number of aliphatic hydroxyl groups is 4. The van der Waals surface area contributed by atoms with Gasteiger partial charge in [-0.15, -0.1) is 22.7 Å². The summed E-state index contributed by atoms with van der Waals surface area (Å²) in [7, 11) is 0. The summed E-state index contributed by atoms with van der Waals surface area (Å²) in [6.45, 7) is 9.14. The maximum atomic E-state index is 13.4. The topological polar surface area (TPSA) is 152 Å². The van der Waals surface area contributed by atoms with Gasteiger partial charge in [0, 0.05) is 25.9 Å². The third-order valence-electron chi connectivity index (χ3n) is 27.0. The Morgan fingerprint density at radius 2 is 0.803 bits per heavy atom. The van der Waals surface area contributed by atoms with Gasteiger partial charge in [-0.05, 0) is 336 Å². The van der Waals surface area contributed by atoms with Crippen molar-refractivity contribution in [1.29, 1.82) is 0 Å². The molecule has 6 aromatic carbocycles. The Bertz CT molecular complexity index is 5790. The van der Waals surface area contributed by atoms with Crippen LogP contribution in [0.5, 0.6) is 0 Å². The quantitative estimate of drug-likeness (QED) is 0.0738. The second-order valence-electron chi connectivity index (χ2n) is 33.8. The van der Waals surface area contributed by atoms with Crippen LogP contribution in [0.1, 0.15) is 176 Å². The van der Waals surface area contributed by atoms with Crippen LogP contribution >= 0.6 is 34.0 Å². The molecule has 0 aliphatic heterocycles. The summed E-state index contributed by atoms with van der Waals surface area (Å²) in [6, 6.07) is 52.2. The van der Waals surface area contributed by atoms with E-state index in [1.807, 2.05) is 103 Å². The largest absolute Gasteiger partial charge is 0.388 e. The van der Waals surface area contributed by atoms with Gasteiger partial charge < -0.3 is 20.4 Å². The summed E-state index contributed by atoms with van der Waals surface area (Å²) in [5.74, 6) is 5.92. The van der Waals surface area contributed by atoms with Crippen molar-refractivity contribution in [2.24, 2.45) is 45.3 Å². The molecule has 21 rings (SSSR count). The lowest BCUT2D eigenvalue weighted by Crippen LogP contribution is -2.42. The number of halogens is 4. The van der Waals surface area contributed by atoms with Gasteiger partial charge in [-0.1, -0.05) is 104 Å². The molecule has 7 aromatic heterocycles. The van der Waals surface area contributed by atoms with Crippen molar-refractivity contribution in [3.63, 3.8) is 0 Å². The van der Waals surface area contributed by atoms with Crippen molar-refractivity contribution in [2.45, 2.75) is 142 Å². The number of aliphatic hydroxyl groups excluding tert-OH is 4. The first-order valence-electron chi connectivity index (χ1n) is 40.7. The second kappa shape index (κ2) is 31.8. The average Bonchev–Trinajstić information content (AvgIpc) is 1.67. The van der Waals surface area contributed by atoms with Crippen molar-refractivity contribution in [1.82, 2.24) is 39.1 Å². The number of thiophene rings is 3. The smallest absolute Gasteiger partial charge is 0.123 e. The Morgan fingerprint density at radius 1 is 0.410 bits per heavy atom. The highest BCUT2D eigenvalue weighted by Crippen LogP contribution is 2.61. The fraction of sp³-hybridized carbons (Fsp3) is 0.306. The Kier molecular flexibility index (Phi) is 21.2. The van der Waals surface area contributed by atoms with E-state index in [9.17, 15) is 38.0 Å². The maximum Gasteiger partial charge on any atom is 0.123 e. The van der Waals surface area contributed by atoms with Crippen molar-refractivity contribution in [3.8, 4) is 34.6 Å². The minimum atomic E-state index is -0.678. The zero-order chi connectivity index (χ0) is 80.5. The molecule has 117 heavy (non-hydrogen) atoms. The van der Waals surface area contributed by atoms with Crippen molar-refractivity contribution < 1.29 is 38.0 Å². The van der Waals surface area contributed by atoms with E-state index in [-0.39, 0.29) is 68.6 Å². The van der Waals surface area contributed by atoms with Crippen LogP contribution in [0.15, 0.2) is 239 Å². The van der Waals surface area contributed by atoms with Crippen molar-refractivity contribution in [3.05, 3.63) is 328 Å². The maximum absolute atomic E-state index is 13.4.